The minimum absolute atomic E-state index is 0.0733. The van der Waals surface area contributed by atoms with Gasteiger partial charge in [-0.05, 0) is 18.9 Å². The van der Waals surface area contributed by atoms with Crippen LogP contribution in [0, 0.1) is 0 Å². The van der Waals surface area contributed by atoms with Gasteiger partial charge in [0.25, 0.3) is 5.91 Å². The van der Waals surface area contributed by atoms with E-state index in [0.29, 0.717) is 16.4 Å². The molecule has 0 saturated carbocycles. The average Bonchev–Trinajstić information content (AvgIpc) is 3.19. The molecule has 1 aliphatic rings. The van der Waals surface area contributed by atoms with Gasteiger partial charge in [0.2, 0.25) is 5.91 Å². The molecule has 1 fully saturated rings. The highest BCUT2D eigenvalue weighted by molar-refractivity contribution is 7.21. The van der Waals surface area contributed by atoms with Gasteiger partial charge < -0.3 is 15.4 Å². The summed E-state index contributed by atoms with van der Waals surface area (Å²) in [6.07, 6.45) is 2.08. The van der Waals surface area contributed by atoms with Crippen molar-refractivity contribution in [2.75, 3.05) is 19.7 Å². The summed E-state index contributed by atoms with van der Waals surface area (Å²) in [5.74, 6) is -0.561. The van der Waals surface area contributed by atoms with Gasteiger partial charge in [-0.15, -0.1) is 11.3 Å². The number of fused-ring (bicyclic) bond motifs is 1. The van der Waals surface area contributed by atoms with Gasteiger partial charge >= 0.3 is 0 Å². The van der Waals surface area contributed by atoms with Crippen molar-refractivity contribution in [3.05, 3.63) is 34.2 Å². The standard InChI is InChI=1S/C16H17ClN2O3S/c17-14-11-5-1-2-6-12(11)23-15(14)16(21)19-9-13(20)18-8-10-4-3-7-22-10/h1-2,5-6,10H,3-4,7-9H2,(H,18,20)(H,19,21). The molecule has 1 atom stereocenters. The molecule has 5 nitrogen and oxygen atoms in total. The fourth-order valence-corrected chi connectivity index (χ4v) is 3.93. The number of carbonyl (C=O) groups is 2. The molecule has 2 aromatic rings. The number of ether oxygens (including phenoxy) is 1. The second kappa shape index (κ2) is 7.29. The summed E-state index contributed by atoms with van der Waals surface area (Å²) in [5.41, 5.74) is 0. The molecule has 1 saturated heterocycles. The third kappa shape index (κ3) is 3.83. The molecule has 7 heteroatoms. The van der Waals surface area contributed by atoms with Crippen molar-refractivity contribution in [3.8, 4) is 0 Å². The molecule has 0 radical (unpaired) electrons. The Labute approximate surface area is 143 Å². The molecule has 0 spiro atoms. The van der Waals surface area contributed by atoms with Crippen LogP contribution in [-0.4, -0.2) is 37.6 Å². The third-order valence-corrected chi connectivity index (χ3v) is 5.38. The maximum atomic E-state index is 12.2. The highest BCUT2D eigenvalue weighted by Crippen LogP contribution is 2.34. The molecule has 1 aromatic carbocycles. The largest absolute Gasteiger partial charge is 0.376 e. The molecule has 1 aromatic heterocycles. The summed E-state index contributed by atoms with van der Waals surface area (Å²) in [5, 5.41) is 6.66. The van der Waals surface area contributed by atoms with Crippen LogP contribution in [0.15, 0.2) is 24.3 Å². The zero-order valence-corrected chi connectivity index (χ0v) is 14.0. The molecule has 23 heavy (non-hydrogen) atoms. The number of carbonyl (C=O) groups excluding carboxylic acids is 2. The summed E-state index contributed by atoms with van der Waals surface area (Å²) in [6.45, 7) is 1.16. The summed E-state index contributed by atoms with van der Waals surface area (Å²) >= 11 is 7.57. The van der Waals surface area contributed by atoms with Crippen LogP contribution < -0.4 is 10.6 Å². The smallest absolute Gasteiger partial charge is 0.263 e. The van der Waals surface area contributed by atoms with E-state index in [9.17, 15) is 9.59 Å². The first-order chi connectivity index (χ1) is 11.1. The van der Waals surface area contributed by atoms with Gasteiger partial charge in [0, 0.05) is 23.2 Å². The second-order valence-corrected chi connectivity index (χ2v) is 6.79. The Morgan fingerprint density at radius 2 is 2.13 bits per heavy atom. The van der Waals surface area contributed by atoms with Crippen LogP contribution in [0.2, 0.25) is 5.02 Å². The number of rotatable bonds is 5. The minimum atomic E-state index is -0.330. The SMILES string of the molecule is O=C(CNC(=O)c1sc2ccccc2c1Cl)NCC1CCCO1. The first-order valence-corrected chi connectivity index (χ1v) is 8.68. The zero-order chi connectivity index (χ0) is 16.2. The molecular formula is C16H17ClN2O3S. The number of benzene rings is 1. The summed E-state index contributed by atoms with van der Waals surface area (Å²) < 4.78 is 6.38. The second-order valence-electron chi connectivity index (χ2n) is 5.36. The van der Waals surface area contributed by atoms with Crippen LogP contribution >= 0.6 is 22.9 Å². The van der Waals surface area contributed by atoms with E-state index in [1.54, 1.807) is 0 Å². The van der Waals surface area contributed by atoms with Crippen LogP contribution in [0.3, 0.4) is 0 Å². The normalized spacial score (nSPS) is 17.3. The lowest BCUT2D eigenvalue weighted by Gasteiger charge is -2.11. The Morgan fingerprint density at radius 1 is 1.30 bits per heavy atom. The number of thiophene rings is 1. The molecule has 0 aliphatic carbocycles. The van der Waals surface area contributed by atoms with E-state index in [2.05, 4.69) is 10.6 Å². The maximum absolute atomic E-state index is 12.2. The minimum Gasteiger partial charge on any atom is -0.376 e. The zero-order valence-electron chi connectivity index (χ0n) is 12.4. The number of halogens is 1. The van der Waals surface area contributed by atoms with Crippen molar-refractivity contribution in [2.24, 2.45) is 0 Å². The van der Waals surface area contributed by atoms with E-state index >= 15 is 0 Å². The van der Waals surface area contributed by atoms with Crippen molar-refractivity contribution in [2.45, 2.75) is 18.9 Å². The highest BCUT2D eigenvalue weighted by Gasteiger charge is 2.19. The van der Waals surface area contributed by atoms with Crippen molar-refractivity contribution in [3.63, 3.8) is 0 Å². The van der Waals surface area contributed by atoms with Crippen molar-refractivity contribution in [1.82, 2.24) is 10.6 Å². The Kier molecular flexibility index (Phi) is 5.15. The number of amides is 2. The fraction of sp³-hybridized carbons (Fsp3) is 0.375. The van der Waals surface area contributed by atoms with Crippen LogP contribution in [-0.2, 0) is 9.53 Å². The third-order valence-electron chi connectivity index (χ3n) is 3.70. The van der Waals surface area contributed by atoms with Crippen LogP contribution in [0.25, 0.3) is 10.1 Å². The molecular weight excluding hydrogens is 336 g/mol. The molecule has 2 N–H and O–H groups in total. The van der Waals surface area contributed by atoms with Crippen molar-refractivity contribution < 1.29 is 14.3 Å². The molecule has 3 rings (SSSR count). The Hall–Kier alpha value is -1.63. The van der Waals surface area contributed by atoms with Crippen molar-refractivity contribution >= 4 is 44.8 Å². The fourth-order valence-electron chi connectivity index (χ4n) is 2.50. The molecule has 2 heterocycles. The Morgan fingerprint density at radius 3 is 2.87 bits per heavy atom. The van der Waals surface area contributed by atoms with E-state index in [-0.39, 0.29) is 24.5 Å². The predicted octanol–water partition coefficient (Wildman–Crippen LogP) is 2.58. The van der Waals surface area contributed by atoms with E-state index in [0.717, 1.165) is 29.5 Å². The van der Waals surface area contributed by atoms with Crippen molar-refractivity contribution in [1.29, 1.82) is 0 Å². The monoisotopic (exact) mass is 352 g/mol. The van der Waals surface area contributed by atoms with E-state index < -0.39 is 0 Å². The lowest BCUT2D eigenvalue weighted by molar-refractivity contribution is -0.120. The lowest BCUT2D eigenvalue weighted by atomic mass is 10.2. The highest BCUT2D eigenvalue weighted by atomic mass is 35.5. The van der Waals surface area contributed by atoms with E-state index in [1.165, 1.54) is 11.3 Å². The summed E-state index contributed by atoms with van der Waals surface area (Å²) in [4.78, 5) is 24.4. The maximum Gasteiger partial charge on any atom is 0.263 e. The molecule has 2 amide bonds. The molecule has 1 unspecified atom stereocenters. The number of hydrogen-bond acceptors (Lipinski definition) is 4. The van der Waals surface area contributed by atoms with E-state index in [4.69, 9.17) is 16.3 Å². The first-order valence-electron chi connectivity index (χ1n) is 7.48. The Balaban J connectivity index is 1.53. The lowest BCUT2D eigenvalue weighted by Crippen LogP contribution is -2.39. The summed E-state index contributed by atoms with van der Waals surface area (Å²) in [6, 6.07) is 7.56. The average molecular weight is 353 g/mol. The van der Waals surface area contributed by atoms with Gasteiger partial charge in [-0.2, -0.15) is 0 Å². The van der Waals surface area contributed by atoms with Crippen LogP contribution in [0.4, 0.5) is 0 Å². The van der Waals surface area contributed by atoms with Gasteiger partial charge in [-0.3, -0.25) is 9.59 Å². The topological polar surface area (TPSA) is 67.4 Å². The van der Waals surface area contributed by atoms with Crippen LogP contribution in [0.5, 0.6) is 0 Å². The Bertz CT molecular complexity index is 725. The first kappa shape index (κ1) is 16.2. The van der Waals surface area contributed by atoms with Crippen LogP contribution in [0.1, 0.15) is 22.5 Å². The molecule has 122 valence electrons. The number of nitrogens with one attached hydrogen (secondary N) is 2. The van der Waals surface area contributed by atoms with Gasteiger partial charge in [-0.1, -0.05) is 29.8 Å². The summed E-state index contributed by atoms with van der Waals surface area (Å²) in [7, 11) is 0. The molecule has 0 bridgehead atoms. The quantitative estimate of drug-likeness (QED) is 0.869. The van der Waals surface area contributed by atoms with Gasteiger partial charge in [0.1, 0.15) is 4.88 Å². The predicted molar refractivity (Wildman–Crippen MR) is 91.2 cm³/mol. The van der Waals surface area contributed by atoms with Gasteiger partial charge in [-0.25, -0.2) is 0 Å². The van der Waals surface area contributed by atoms with Gasteiger partial charge in [0.05, 0.1) is 17.7 Å². The van der Waals surface area contributed by atoms with E-state index in [1.807, 2.05) is 24.3 Å². The number of hydrogen-bond donors (Lipinski definition) is 2. The van der Waals surface area contributed by atoms with Gasteiger partial charge in [0.15, 0.2) is 0 Å². The molecule has 1 aliphatic heterocycles.